The second kappa shape index (κ2) is 5.87. The van der Waals surface area contributed by atoms with E-state index in [9.17, 15) is 4.79 Å². The van der Waals surface area contributed by atoms with E-state index in [4.69, 9.17) is 16.3 Å². The predicted octanol–water partition coefficient (Wildman–Crippen LogP) is 1.17. The van der Waals surface area contributed by atoms with Crippen molar-refractivity contribution in [3.63, 3.8) is 0 Å². The second-order valence-corrected chi connectivity index (χ2v) is 5.42. The Morgan fingerprint density at radius 1 is 1.57 bits per heavy atom. The summed E-state index contributed by atoms with van der Waals surface area (Å²) in [7, 11) is 0. The van der Waals surface area contributed by atoms with Gasteiger partial charge in [0.15, 0.2) is 0 Å². The number of imidazole rings is 1. The number of H-pyrrole nitrogens is 1. The zero-order valence-electron chi connectivity index (χ0n) is 11.6. The van der Waals surface area contributed by atoms with Gasteiger partial charge < -0.3 is 14.6 Å². The molecule has 1 amide bonds. The van der Waals surface area contributed by atoms with Gasteiger partial charge in [-0.2, -0.15) is 5.10 Å². The number of ether oxygens (including phenoxy) is 1. The molecule has 0 aliphatic carbocycles. The SMILES string of the molecule is Cc1cnc([C@@H]2COCCN2C(=O)Cn2cc(Cl)cn2)[nH]1. The smallest absolute Gasteiger partial charge is 0.245 e. The van der Waals surface area contributed by atoms with Crippen LogP contribution in [0, 0.1) is 6.92 Å². The van der Waals surface area contributed by atoms with E-state index in [1.165, 1.54) is 10.9 Å². The quantitative estimate of drug-likeness (QED) is 0.923. The van der Waals surface area contributed by atoms with Gasteiger partial charge in [0.25, 0.3) is 0 Å². The standard InChI is InChI=1S/C13H16ClN5O2/c1-9-4-15-13(17-9)11-8-21-3-2-19(11)12(20)7-18-6-10(14)5-16-18/h4-6,11H,2-3,7-8H2,1H3,(H,15,17)/t11-/m0/s1. The van der Waals surface area contributed by atoms with Crippen molar-refractivity contribution in [3.8, 4) is 0 Å². The largest absolute Gasteiger partial charge is 0.377 e. The molecule has 0 saturated carbocycles. The number of carbonyl (C=O) groups excluding carboxylic acids is 1. The fourth-order valence-corrected chi connectivity index (χ4v) is 2.54. The van der Waals surface area contributed by atoms with E-state index in [1.54, 1.807) is 17.3 Å². The molecule has 1 aliphatic rings. The van der Waals surface area contributed by atoms with E-state index in [2.05, 4.69) is 15.1 Å². The van der Waals surface area contributed by atoms with Gasteiger partial charge >= 0.3 is 0 Å². The summed E-state index contributed by atoms with van der Waals surface area (Å²) < 4.78 is 7.02. The molecule has 1 fully saturated rings. The molecule has 3 heterocycles. The highest BCUT2D eigenvalue weighted by Gasteiger charge is 2.30. The number of hydrogen-bond donors (Lipinski definition) is 1. The van der Waals surface area contributed by atoms with Gasteiger partial charge in [-0.1, -0.05) is 11.6 Å². The van der Waals surface area contributed by atoms with Gasteiger partial charge in [0.05, 0.1) is 24.4 Å². The van der Waals surface area contributed by atoms with Crippen LogP contribution in [0.1, 0.15) is 17.6 Å². The van der Waals surface area contributed by atoms with Crippen LogP contribution in [0.15, 0.2) is 18.6 Å². The number of carbonyl (C=O) groups is 1. The normalized spacial score (nSPS) is 19.0. The molecule has 2 aromatic rings. The van der Waals surface area contributed by atoms with E-state index >= 15 is 0 Å². The molecule has 1 atom stereocenters. The summed E-state index contributed by atoms with van der Waals surface area (Å²) in [6.07, 6.45) is 4.90. The van der Waals surface area contributed by atoms with Gasteiger partial charge in [-0.15, -0.1) is 0 Å². The lowest BCUT2D eigenvalue weighted by atomic mass is 10.2. The number of aromatic amines is 1. The second-order valence-electron chi connectivity index (χ2n) is 4.99. The number of aromatic nitrogens is 4. The molecular formula is C13H16ClN5O2. The Morgan fingerprint density at radius 3 is 3.10 bits per heavy atom. The number of aryl methyl sites for hydroxylation is 1. The van der Waals surface area contributed by atoms with Gasteiger partial charge in [-0.25, -0.2) is 4.98 Å². The minimum atomic E-state index is -0.189. The molecule has 21 heavy (non-hydrogen) atoms. The van der Waals surface area contributed by atoms with Crippen LogP contribution in [-0.2, 0) is 16.1 Å². The molecule has 0 bridgehead atoms. The fraction of sp³-hybridized carbons (Fsp3) is 0.462. The number of morpholine rings is 1. The van der Waals surface area contributed by atoms with Crippen molar-refractivity contribution in [2.75, 3.05) is 19.8 Å². The molecule has 2 aromatic heterocycles. The molecule has 7 nitrogen and oxygen atoms in total. The van der Waals surface area contributed by atoms with Crippen LogP contribution in [0.2, 0.25) is 5.02 Å². The molecule has 112 valence electrons. The Balaban J connectivity index is 1.75. The van der Waals surface area contributed by atoms with Crippen molar-refractivity contribution in [3.05, 3.63) is 35.1 Å². The number of hydrogen-bond acceptors (Lipinski definition) is 4. The first-order valence-electron chi connectivity index (χ1n) is 6.70. The molecule has 0 spiro atoms. The third-order valence-corrected chi connectivity index (χ3v) is 3.58. The van der Waals surface area contributed by atoms with Gasteiger partial charge in [0.2, 0.25) is 5.91 Å². The van der Waals surface area contributed by atoms with Crippen LogP contribution in [0.4, 0.5) is 0 Å². The van der Waals surface area contributed by atoms with Crippen molar-refractivity contribution in [2.45, 2.75) is 19.5 Å². The Morgan fingerprint density at radius 2 is 2.43 bits per heavy atom. The molecule has 0 radical (unpaired) electrons. The monoisotopic (exact) mass is 309 g/mol. The minimum absolute atomic E-state index is 0.0304. The molecule has 1 N–H and O–H groups in total. The van der Waals surface area contributed by atoms with Crippen LogP contribution < -0.4 is 0 Å². The van der Waals surface area contributed by atoms with E-state index in [0.29, 0.717) is 24.8 Å². The summed E-state index contributed by atoms with van der Waals surface area (Å²) in [5.74, 6) is 0.719. The highest BCUT2D eigenvalue weighted by atomic mass is 35.5. The average Bonchev–Trinajstić information content (AvgIpc) is 3.07. The first kappa shape index (κ1) is 14.1. The Kier molecular flexibility index (Phi) is 3.94. The average molecular weight is 310 g/mol. The molecular weight excluding hydrogens is 294 g/mol. The summed E-state index contributed by atoms with van der Waals surface area (Å²) in [6.45, 7) is 3.60. The van der Waals surface area contributed by atoms with Crippen molar-refractivity contribution >= 4 is 17.5 Å². The van der Waals surface area contributed by atoms with Crippen LogP contribution in [0.3, 0.4) is 0 Å². The molecule has 1 aliphatic heterocycles. The molecule has 0 aromatic carbocycles. The summed E-state index contributed by atoms with van der Waals surface area (Å²) in [5.41, 5.74) is 0.960. The lowest BCUT2D eigenvalue weighted by Gasteiger charge is -2.34. The molecule has 1 saturated heterocycles. The minimum Gasteiger partial charge on any atom is -0.377 e. The maximum Gasteiger partial charge on any atom is 0.245 e. The van der Waals surface area contributed by atoms with Gasteiger partial charge in [0, 0.05) is 24.6 Å². The van der Waals surface area contributed by atoms with Crippen LogP contribution in [0.25, 0.3) is 0 Å². The third kappa shape index (κ3) is 3.08. The third-order valence-electron chi connectivity index (χ3n) is 3.39. The predicted molar refractivity (Wildman–Crippen MR) is 75.8 cm³/mol. The van der Waals surface area contributed by atoms with Crippen molar-refractivity contribution in [1.82, 2.24) is 24.6 Å². The van der Waals surface area contributed by atoms with E-state index in [-0.39, 0.29) is 18.5 Å². The number of nitrogens with zero attached hydrogens (tertiary/aromatic N) is 4. The summed E-state index contributed by atoms with van der Waals surface area (Å²) in [6, 6.07) is -0.189. The van der Waals surface area contributed by atoms with Crippen molar-refractivity contribution < 1.29 is 9.53 Å². The zero-order chi connectivity index (χ0) is 14.8. The fourth-order valence-electron chi connectivity index (χ4n) is 2.39. The lowest BCUT2D eigenvalue weighted by molar-refractivity contribution is -0.141. The lowest BCUT2D eigenvalue weighted by Crippen LogP contribution is -2.45. The Hall–Kier alpha value is -1.86. The number of halogens is 1. The van der Waals surface area contributed by atoms with E-state index in [1.807, 2.05) is 6.92 Å². The molecule has 3 rings (SSSR count). The Bertz CT molecular complexity index is 638. The zero-order valence-corrected chi connectivity index (χ0v) is 12.4. The summed E-state index contributed by atoms with van der Waals surface area (Å²) in [5, 5.41) is 4.55. The summed E-state index contributed by atoms with van der Waals surface area (Å²) in [4.78, 5) is 21.7. The maximum absolute atomic E-state index is 12.5. The number of nitrogens with one attached hydrogen (secondary N) is 1. The Labute approximate surface area is 126 Å². The van der Waals surface area contributed by atoms with E-state index < -0.39 is 0 Å². The topological polar surface area (TPSA) is 76.0 Å². The van der Waals surface area contributed by atoms with Crippen molar-refractivity contribution in [1.29, 1.82) is 0 Å². The van der Waals surface area contributed by atoms with Gasteiger partial charge in [0.1, 0.15) is 18.4 Å². The van der Waals surface area contributed by atoms with Crippen molar-refractivity contribution in [2.24, 2.45) is 0 Å². The summed E-state index contributed by atoms with van der Waals surface area (Å²) >= 11 is 5.81. The maximum atomic E-state index is 12.5. The highest BCUT2D eigenvalue weighted by molar-refractivity contribution is 6.30. The van der Waals surface area contributed by atoms with Crippen LogP contribution >= 0.6 is 11.6 Å². The molecule has 0 unspecified atom stereocenters. The van der Waals surface area contributed by atoms with E-state index in [0.717, 1.165) is 11.5 Å². The van der Waals surface area contributed by atoms with Crippen LogP contribution in [0.5, 0.6) is 0 Å². The van der Waals surface area contributed by atoms with Crippen LogP contribution in [-0.4, -0.2) is 50.3 Å². The molecule has 8 heteroatoms. The highest BCUT2D eigenvalue weighted by Crippen LogP contribution is 2.22. The van der Waals surface area contributed by atoms with Gasteiger partial charge in [-0.05, 0) is 6.92 Å². The van der Waals surface area contributed by atoms with Gasteiger partial charge in [-0.3, -0.25) is 9.48 Å². The first-order valence-corrected chi connectivity index (χ1v) is 7.08. The number of rotatable bonds is 3. The number of amides is 1. The first-order chi connectivity index (χ1) is 10.1.